The minimum Gasteiger partial charge on any atom is -0.492 e. The number of benzene rings is 1. The van der Waals surface area contributed by atoms with E-state index in [2.05, 4.69) is 15.0 Å². The third-order valence-electron chi connectivity index (χ3n) is 4.51. The summed E-state index contributed by atoms with van der Waals surface area (Å²) in [4.78, 5) is 8.02. The highest BCUT2D eigenvalue weighted by Gasteiger charge is 2.32. The monoisotopic (exact) mass is 346 g/mol. The van der Waals surface area contributed by atoms with Crippen molar-refractivity contribution >= 4 is 16.3 Å². The summed E-state index contributed by atoms with van der Waals surface area (Å²) in [5, 5.41) is 15.0. The van der Waals surface area contributed by atoms with Crippen molar-refractivity contribution in [1.29, 1.82) is 0 Å². The molecule has 1 aliphatic rings. The van der Waals surface area contributed by atoms with Gasteiger partial charge in [0, 0.05) is 12.0 Å². The zero-order valence-corrected chi connectivity index (χ0v) is 14.3. The summed E-state index contributed by atoms with van der Waals surface area (Å²) in [5.74, 6) is 0.524. The van der Waals surface area contributed by atoms with Crippen molar-refractivity contribution in [2.75, 3.05) is 13.1 Å². The molecule has 0 aliphatic carbocycles. The van der Waals surface area contributed by atoms with Crippen LogP contribution in [0.2, 0.25) is 0 Å². The molecule has 1 N–H and O–H groups in total. The second kappa shape index (κ2) is 6.14. The number of likely N-dealkylation sites (tertiary alicyclic amines) is 1. The zero-order valence-electron chi connectivity index (χ0n) is 13.4. The van der Waals surface area contributed by atoms with Gasteiger partial charge in [-0.2, -0.15) is 4.52 Å². The Balaban J connectivity index is 1.85. The van der Waals surface area contributed by atoms with Gasteiger partial charge in [0.05, 0.1) is 10.9 Å². The number of hydrogen-bond acceptors (Lipinski definition) is 5. The molecule has 3 aromatic rings. The largest absolute Gasteiger partial charge is 0.492 e. The fourth-order valence-corrected chi connectivity index (χ4v) is 4.45. The van der Waals surface area contributed by atoms with Crippen molar-refractivity contribution < 1.29 is 9.50 Å². The summed E-state index contributed by atoms with van der Waals surface area (Å²) in [6.45, 7) is 3.77. The number of rotatable bonds is 4. The van der Waals surface area contributed by atoms with Gasteiger partial charge in [0.15, 0.2) is 5.82 Å². The molecule has 0 radical (unpaired) electrons. The lowest BCUT2D eigenvalue weighted by Crippen LogP contribution is -2.26. The van der Waals surface area contributed by atoms with Gasteiger partial charge < -0.3 is 5.11 Å². The van der Waals surface area contributed by atoms with Crippen molar-refractivity contribution in [2.24, 2.45) is 0 Å². The highest BCUT2D eigenvalue weighted by atomic mass is 32.1. The van der Waals surface area contributed by atoms with E-state index in [1.165, 1.54) is 21.9 Å². The van der Waals surface area contributed by atoms with Gasteiger partial charge in [-0.05, 0) is 32.0 Å². The molecule has 24 heavy (non-hydrogen) atoms. The lowest BCUT2D eigenvalue weighted by atomic mass is 10.0. The lowest BCUT2D eigenvalue weighted by molar-refractivity contribution is 0.271. The molecule has 0 saturated carbocycles. The molecule has 7 heteroatoms. The molecule has 126 valence electrons. The maximum absolute atomic E-state index is 14.5. The Bertz CT molecular complexity index is 869. The number of aryl methyl sites for hydroxylation is 1. The van der Waals surface area contributed by atoms with Gasteiger partial charge in [0.2, 0.25) is 10.8 Å². The number of aromatic nitrogens is 3. The predicted octanol–water partition coefficient (Wildman–Crippen LogP) is 3.38. The van der Waals surface area contributed by atoms with E-state index in [1.54, 1.807) is 12.1 Å². The molecule has 0 bridgehead atoms. The van der Waals surface area contributed by atoms with Gasteiger partial charge in [-0.15, -0.1) is 5.10 Å². The van der Waals surface area contributed by atoms with Crippen LogP contribution in [0.4, 0.5) is 4.39 Å². The summed E-state index contributed by atoms with van der Waals surface area (Å²) in [7, 11) is 0. The van der Waals surface area contributed by atoms with Crippen LogP contribution in [-0.4, -0.2) is 37.7 Å². The van der Waals surface area contributed by atoms with Crippen LogP contribution in [0.1, 0.15) is 42.1 Å². The Labute approximate surface area is 143 Å². The van der Waals surface area contributed by atoms with Crippen LogP contribution >= 0.6 is 11.3 Å². The van der Waals surface area contributed by atoms with Gasteiger partial charge in [0.25, 0.3) is 0 Å². The summed E-state index contributed by atoms with van der Waals surface area (Å²) in [5.41, 5.74) is 0.593. The molecule has 3 heterocycles. The summed E-state index contributed by atoms with van der Waals surface area (Å²) >= 11 is 1.39. The second-order valence-electron chi connectivity index (χ2n) is 6.03. The molecule has 4 rings (SSSR count). The number of nitrogens with zero attached hydrogens (tertiary/aromatic N) is 4. The van der Waals surface area contributed by atoms with Crippen molar-refractivity contribution in [2.45, 2.75) is 32.2 Å². The van der Waals surface area contributed by atoms with Crippen LogP contribution in [0, 0.1) is 5.82 Å². The summed E-state index contributed by atoms with van der Waals surface area (Å²) < 4.78 is 15.9. The molecule has 0 amide bonds. The van der Waals surface area contributed by atoms with Gasteiger partial charge in [-0.25, -0.2) is 9.37 Å². The Morgan fingerprint density at radius 2 is 2.04 bits per heavy atom. The molecule has 1 atom stereocenters. The Morgan fingerprint density at radius 1 is 1.29 bits per heavy atom. The first-order chi connectivity index (χ1) is 11.7. The quantitative estimate of drug-likeness (QED) is 0.787. The van der Waals surface area contributed by atoms with Gasteiger partial charge in [-0.1, -0.05) is 36.5 Å². The molecule has 5 nitrogen and oxygen atoms in total. The number of hydrogen-bond donors (Lipinski definition) is 1. The molecule has 1 unspecified atom stereocenters. The molecule has 1 saturated heterocycles. The van der Waals surface area contributed by atoms with Gasteiger partial charge >= 0.3 is 0 Å². The highest BCUT2D eigenvalue weighted by Crippen LogP contribution is 2.41. The molecule has 1 aromatic carbocycles. The maximum Gasteiger partial charge on any atom is 0.230 e. The van der Waals surface area contributed by atoms with Crippen molar-refractivity contribution in [3.63, 3.8) is 0 Å². The van der Waals surface area contributed by atoms with Crippen LogP contribution in [-0.2, 0) is 6.42 Å². The zero-order chi connectivity index (χ0) is 16.7. The average Bonchev–Trinajstić information content (AvgIpc) is 3.29. The van der Waals surface area contributed by atoms with E-state index in [1.807, 2.05) is 13.0 Å². The van der Waals surface area contributed by atoms with Crippen molar-refractivity contribution in [3.8, 4) is 5.88 Å². The number of halogens is 1. The van der Waals surface area contributed by atoms with E-state index in [4.69, 9.17) is 0 Å². The highest BCUT2D eigenvalue weighted by molar-refractivity contribution is 7.17. The minimum atomic E-state index is -0.299. The molecule has 0 spiro atoms. The van der Waals surface area contributed by atoms with E-state index in [-0.39, 0.29) is 17.7 Å². The fourth-order valence-electron chi connectivity index (χ4n) is 3.32. The smallest absolute Gasteiger partial charge is 0.230 e. The van der Waals surface area contributed by atoms with E-state index in [0.717, 1.165) is 25.9 Å². The number of aromatic hydroxyl groups is 1. The first kappa shape index (κ1) is 15.5. The predicted molar refractivity (Wildman–Crippen MR) is 91.0 cm³/mol. The van der Waals surface area contributed by atoms with E-state index >= 15 is 0 Å². The summed E-state index contributed by atoms with van der Waals surface area (Å²) in [6.07, 6.45) is 2.89. The standard InChI is InChI=1S/C17H19FN4OS/c1-2-13-19-17-22(20-13)16(23)15(24-17)14(21-9-5-6-10-21)11-7-3-4-8-12(11)18/h3-4,7-8,14,23H,2,5-6,9-10H2,1H3. The minimum absolute atomic E-state index is 0.0716. The normalized spacial score (nSPS) is 16.9. The average molecular weight is 346 g/mol. The van der Waals surface area contributed by atoms with Crippen molar-refractivity contribution in [3.05, 3.63) is 46.3 Å². The van der Waals surface area contributed by atoms with Crippen LogP contribution < -0.4 is 0 Å². The van der Waals surface area contributed by atoms with Crippen LogP contribution in [0.15, 0.2) is 24.3 Å². The Morgan fingerprint density at radius 3 is 2.71 bits per heavy atom. The van der Waals surface area contributed by atoms with Crippen molar-refractivity contribution in [1.82, 2.24) is 19.5 Å². The molecule has 1 aliphatic heterocycles. The third-order valence-corrected chi connectivity index (χ3v) is 5.59. The summed E-state index contributed by atoms with van der Waals surface area (Å²) in [6, 6.07) is 6.50. The van der Waals surface area contributed by atoms with E-state index < -0.39 is 0 Å². The fraction of sp³-hybridized carbons (Fsp3) is 0.412. The van der Waals surface area contributed by atoms with Crippen LogP contribution in [0.25, 0.3) is 4.96 Å². The Hall–Kier alpha value is -1.99. The molecule has 1 fully saturated rings. The van der Waals surface area contributed by atoms with Gasteiger partial charge in [0.1, 0.15) is 5.82 Å². The SMILES string of the molecule is CCc1nc2sc(C(c3ccccc3F)N3CCCC3)c(O)n2n1. The number of thiazole rings is 1. The molecular formula is C17H19FN4OS. The molecule has 2 aromatic heterocycles. The van der Waals surface area contributed by atoms with Crippen LogP contribution in [0.5, 0.6) is 5.88 Å². The molecular weight excluding hydrogens is 327 g/mol. The second-order valence-corrected chi connectivity index (χ2v) is 7.04. The van der Waals surface area contributed by atoms with E-state index in [9.17, 15) is 9.50 Å². The first-order valence-corrected chi connectivity index (χ1v) is 9.06. The van der Waals surface area contributed by atoms with Gasteiger partial charge in [-0.3, -0.25) is 4.90 Å². The Kier molecular flexibility index (Phi) is 3.97. The first-order valence-electron chi connectivity index (χ1n) is 8.24. The van der Waals surface area contributed by atoms with E-state index in [0.29, 0.717) is 27.6 Å². The maximum atomic E-state index is 14.5. The number of fused-ring (bicyclic) bond motifs is 1. The third kappa shape index (κ3) is 2.48. The topological polar surface area (TPSA) is 53.7 Å². The van der Waals surface area contributed by atoms with Crippen LogP contribution in [0.3, 0.4) is 0 Å². The lowest BCUT2D eigenvalue weighted by Gasteiger charge is -2.27.